The number of rotatable bonds is 2. The Morgan fingerprint density at radius 1 is 1.75 bits per heavy atom. The maximum absolute atomic E-state index is 10.8. The van der Waals surface area contributed by atoms with Crippen LogP contribution in [0.15, 0.2) is 12.7 Å². The number of carboxylic acid groups (broad SMARTS) is 1. The molecule has 1 aliphatic rings. The van der Waals surface area contributed by atoms with Gasteiger partial charge in [0, 0.05) is 6.04 Å². The summed E-state index contributed by atoms with van der Waals surface area (Å²) in [5, 5.41) is 11.0. The molecule has 0 bridgehead atoms. The van der Waals surface area contributed by atoms with Gasteiger partial charge in [0.2, 0.25) is 5.91 Å². The molecule has 5 N–H and O–H groups in total. The van der Waals surface area contributed by atoms with E-state index in [4.69, 9.17) is 5.11 Å². The predicted octanol–water partition coefficient (Wildman–Crippen LogP) is -0.0763. The molecule has 1 fully saturated rings. The average molecular weight is 172 g/mol. The van der Waals surface area contributed by atoms with Crippen LogP contribution in [0.1, 0.15) is 6.42 Å². The number of amides is 1. The van der Waals surface area contributed by atoms with E-state index in [1.807, 2.05) is 0 Å². The smallest absolute Gasteiger partial charge is 0.316 e. The second-order valence-corrected chi connectivity index (χ2v) is 2.48. The van der Waals surface area contributed by atoms with Crippen molar-refractivity contribution >= 4 is 11.9 Å². The first-order valence-corrected chi connectivity index (χ1v) is 3.31. The van der Waals surface area contributed by atoms with Crippen LogP contribution in [0.3, 0.4) is 0 Å². The molecule has 5 heteroatoms. The SMILES string of the molecule is C=CC1CC(C(=O)O)C(=O)N1.N. The number of carboxylic acids is 1. The van der Waals surface area contributed by atoms with Gasteiger partial charge >= 0.3 is 5.97 Å². The van der Waals surface area contributed by atoms with Gasteiger partial charge in [-0.2, -0.15) is 0 Å². The van der Waals surface area contributed by atoms with Crippen molar-refractivity contribution in [3.63, 3.8) is 0 Å². The van der Waals surface area contributed by atoms with Crippen LogP contribution in [-0.4, -0.2) is 23.0 Å². The van der Waals surface area contributed by atoms with E-state index in [1.165, 1.54) is 0 Å². The molecule has 1 rings (SSSR count). The molecule has 0 aromatic heterocycles. The van der Waals surface area contributed by atoms with E-state index < -0.39 is 17.8 Å². The minimum atomic E-state index is -1.06. The molecule has 2 unspecified atom stereocenters. The van der Waals surface area contributed by atoms with Gasteiger partial charge in [0.05, 0.1) is 0 Å². The van der Waals surface area contributed by atoms with Crippen LogP contribution >= 0.6 is 0 Å². The lowest BCUT2D eigenvalue weighted by molar-refractivity contribution is -0.145. The zero-order valence-corrected chi connectivity index (χ0v) is 6.62. The quantitative estimate of drug-likeness (QED) is 0.400. The van der Waals surface area contributed by atoms with Crippen LogP contribution in [0.25, 0.3) is 0 Å². The first-order valence-electron chi connectivity index (χ1n) is 3.31. The topological polar surface area (TPSA) is 101 Å². The van der Waals surface area contributed by atoms with Gasteiger partial charge in [-0.05, 0) is 6.42 Å². The van der Waals surface area contributed by atoms with Crippen molar-refractivity contribution < 1.29 is 14.7 Å². The van der Waals surface area contributed by atoms with Crippen LogP contribution in [-0.2, 0) is 9.59 Å². The molecular formula is C7H12N2O3. The van der Waals surface area contributed by atoms with E-state index in [0.29, 0.717) is 6.42 Å². The standard InChI is InChI=1S/C7H9NO3.H3N/c1-2-4-3-5(7(10)11)6(9)8-4;/h2,4-5H,1,3H2,(H,8,9)(H,10,11);1H3. The van der Waals surface area contributed by atoms with Crippen molar-refractivity contribution in [1.82, 2.24) is 11.5 Å². The van der Waals surface area contributed by atoms with Crippen molar-refractivity contribution in [2.45, 2.75) is 12.5 Å². The van der Waals surface area contributed by atoms with Gasteiger partial charge in [-0.1, -0.05) is 6.08 Å². The van der Waals surface area contributed by atoms with Gasteiger partial charge < -0.3 is 16.6 Å². The van der Waals surface area contributed by atoms with Crippen molar-refractivity contribution in [2.75, 3.05) is 0 Å². The molecule has 1 saturated heterocycles. The second-order valence-electron chi connectivity index (χ2n) is 2.48. The highest BCUT2D eigenvalue weighted by Gasteiger charge is 2.35. The molecule has 0 aromatic carbocycles. The molecule has 0 spiro atoms. The number of hydrogen-bond donors (Lipinski definition) is 3. The number of hydrogen-bond acceptors (Lipinski definition) is 3. The van der Waals surface area contributed by atoms with Gasteiger partial charge in [0.15, 0.2) is 0 Å². The zero-order valence-electron chi connectivity index (χ0n) is 6.62. The molecular weight excluding hydrogens is 160 g/mol. The summed E-state index contributed by atoms with van der Waals surface area (Å²) in [6.07, 6.45) is 1.86. The van der Waals surface area contributed by atoms with Crippen molar-refractivity contribution in [3.8, 4) is 0 Å². The molecule has 0 aliphatic carbocycles. The highest BCUT2D eigenvalue weighted by molar-refractivity contribution is 5.98. The average Bonchev–Trinajstić information content (AvgIpc) is 2.30. The maximum atomic E-state index is 10.8. The number of carbonyl (C=O) groups is 2. The largest absolute Gasteiger partial charge is 0.481 e. The third-order valence-corrected chi connectivity index (χ3v) is 1.72. The molecule has 1 aliphatic heterocycles. The van der Waals surface area contributed by atoms with Crippen LogP contribution in [0.4, 0.5) is 0 Å². The first-order chi connectivity index (χ1) is 5.15. The lowest BCUT2D eigenvalue weighted by Crippen LogP contribution is -2.27. The summed E-state index contributed by atoms with van der Waals surface area (Å²) in [7, 11) is 0. The van der Waals surface area contributed by atoms with E-state index >= 15 is 0 Å². The minimum absolute atomic E-state index is 0. The minimum Gasteiger partial charge on any atom is -0.481 e. The monoisotopic (exact) mass is 172 g/mol. The Labute approximate surface area is 70.0 Å². The maximum Gasteiger partial charge on any atom is 0.316 e. The molecule has 5 nitrogen and oxygen atoms in total. The molecule has 0 aromatic rings. The van der Waals surface area contributed by atoms with E-state index in [9.17, 15) is 9.59 Å². The third kappa shape index (κ3) is 1.82. The fourth-order valence-electron chi connectivity index (χ4n) is 1.07. The second kappa shape index (κ2) is 3.87. The van der Waals surface area contributed by atoms with E-state index in [1.54, 1.807) is 6.08 Å². The lowest BCUT2D eigenvalue weighted by Gasteiger charge is -1.98. The van der Waals surface area contributed by atoms with Gasteiger partial charge in [-0.25, -0.2) is 0 Å². The summed E-state index contributed by atoms with van der Waals surface area (Å²) in [4.78, 5) is 21.2. The third-order valence-electron chi connectivity index (χ3n) is 1.72. The van der Waals surface area contributed by atoms with E-state index in [2.05, 4.69) is 11.9 Å². The van der Waals surface area contributed by atoms with Gasteiger partial charge in [-0.3, -0.25) is 9.59 Å². The molecule has 1 amide bonds. The van der Waals surface area contributed by atoms with Gasteiger partial charge in [-0.15, -0.1) is 6.58 Å². The summed E-state index contributed by atoms with van der Waals surface area (Å²) >= 11 is 0. The molecule has 1 heterocycles. The van der Waals surface area contributed by atoms with Crippen molar-refractivity contribution in [1.29, 1.82) is 0 Å². The Balaban J connectivity index is 0.00000121. The Morgan fingerprint density at radius 3 is 2.58 bits per heavy atom. The summed E-state index contributed by atoms with van der Waals surface area (Å²) in [6, 6.07) is -0.177. The highest BCUT2D eigenvalue weighted by Crippen LogP contribution is 2.15. The number of carbonyl (C=O) groups excluding carboxylic acids is 1. The first kappa shape index (κ1) is 10.6. The zero-order chi connectivity index (χ0) is 8.43. The Hall–Kier alpha value is -1.36. The van der Waals surface area contributed by atoms with Gasteiger partial charge in [0.25, 0.3) is 0 Å². The van der Waals surface area contributed by atoms with E-state index in [-0.39, 0.29) is 12.2 Å². The Kier molecular flexibility index (Phi) is 3.43. The Morgan fingerprint density at radius 2 is 2.33 bits per heavy atom. The van der Waals surface area contributed by atoms with Gasteiger partial charge in [0.1, 0.15) is 5.92 Å². The summed E-state index contributed by atoms with van der Waals surface area (Å²) in [6.45, 7) is 3.46. The fourth-order valence-corrected chi connectivity index (χ4v) is 1.07. The molecule has 68 valence electrons. The molecule has 2 atom stereocenters. The number of aliphatic carboxylic acids is 1. The van der Waals surface area contributed by atoms with Crippen molar-refractivity contribution in [3.05, 3.63) is 12.7 Å². The molecule has 12 heavy (non-hydrogen) atoms. The summed E-state index contributed by atoms with van der Waals surface area (Å²) in [5.41, 5.74) is 0. The predicted molar refractivity (Wildman–Crippen MR) is 42.9 cm³/mol. The number of nitrogens with one attached hydrogen (secondary N) is 1. The van der Waals surface area contributed by atoms with Crippen molar-refractivity contribution in [2.24, 2.45) is 5.92 Å². The van der Waals surface area contributed by atoms with Crippen LogP contribution in [0.2, 0.25) is 0 Å². The highest BCUT2D eigenvalue weighted by atomic mass is 16.4. The fraction of sp³-hybridized carbons (Fsp3) is 0.429. The summed E-state index contributed by atoms with van der Waals surface area (Å²) < 4.78 is 0. The van der Waals surface area contributed by atoms with Crippen LogP contribution < -0.4 is 11.5 Å². The Bertz CT molecular complexity index is 215. The normalized spacial score (nSPS) is 27.2. The molecule has 0 saturated carbocycles. The molecule has 0 radical (unpaired) electrons. The summed E-state index contributed by atoms with van der Waals surface area (Å²) in [5.74, 6) is -2.37. The lowest BCUT2D eigenvalue weighted by atomic mass is 10.1. The van der Waals surface area contributed by atoms with E-state index in [0.717, 1.165) is 0 Å². The van der Waals surface area contributed by atoms with Crippen LogP contribution in [0, 0.1) is 5.92 Å². The van der Waals surface area contributed by atoms with Crippen LogP contribution in [0.5, 0.6) is 0 Å².